The maximum atomic E-state index is 2.57. The van der Waals surface area contributed by atoms with Crippen LogP contribution in [0.1, 0.15) is 79.7 Å². The third kappa shape index (κ3) is 6.50. The molecule has 4 saturated carbocycles. The van der Waals surface area contributed by atoms with Gasteiger partial charge in [-0.25, -0.2) is 0 Å². The minimum atomic E-state index is -0.198. The number of benzene rings is 9. The Morgan fingerprint density at radius 1 is 0.357 bits per heavy atom. The Labute approximate surface area is 414 Å². The van der Waals surface area contributed by atoms with Crippen LogP contribution in [0.4, 0.5) is 17.1 Å². The highest BCUT2D eigenvalue weighted by Crippen LogP contribution is 2.60. The summed E-state index contributed by atoms with van der Waals surface area (Å²) in [5.74, 6) is 4.51. The first-order valence-corrected chi connectivity index (χ1v) is 26.0. The molecule has 1 heteroatoms. The van der Waals surface area contributed by atoms with Crippen LogP contribution in [0, 0.1) is 37.5 Å². The highest BCUT2D eigenvalue weighted by atomic mass is 15.1. The fraction of sp³-hybridized carbons (Fsp3) is 0.217. The van der Waals surface area contributed by atoms with Crippen LogP contribution in [-0.4, -0.2) is 0 Å². The van der Waals surface area contributed by atoms with Gasteiger partial charge in [0, 0.05) is 16.8 Å². The topological polar surface area (TPSA) is 3.24 Å². The lowest BCUT2D eigenvalue weighted by Gasteiger charge is -2.54. The van der Waals surface area contributed by atoms with E-state index >= 15 is 0 Å². The first kappa shape index (κ1) is 41.7. The monoisotopic (exact) mass is 901 g/mol. The largest absolute Gasteiger partial charge is 0.310 e. The number of fused-ring (bicyclic) bond motifs is 11. The molecule has 6 aliphatic carbocycles. The molecule has 15 rings (SSSR count). The summed E-state index contributed by atoms with van der Waals surface area (Å²) in [4.78, 5) is 2.57. The van der Waals surface area contributed by atoms with Crippen molar-refractivity contribution in [1.29, 1.82) is 0 Å². The Morgan fingerprint density at radius 3 is 1.34 bits per heavy atom. The molecule has 0 atom stereocenters. The van der Waals surface area contributed by atoms with Crippen molar-refractivity contribution in [2.75, 3.05) is 4.90 Å². The van der Waals surface area contributed by atoms with Crippen molar-refractivity contribution in [3.05, 3.63) is 222 Å². The van der Waals surface area contributed by atoms with Gasteiger partial charge >= 0.3 is 0 Å². The zero-order valence-corrected chi connectivity index (χ0v) is 40.8. The first-order valence-electron chi connectivity index (χ1n) is 26.0. The smallest absolute Gasteiger partial charge is 0.0520 e. The van der Waals surface area contributed by atoms with E-state index in [1.54, 1.807) is 5.56 Å². The van der Waals surface area contributed by atoms with Crippen molar-refractivity contribution in [1.82, 2.24) is 0 Å². The number of anilines is 3. The van der Waals surface area contributed by atoms with Gasteiger partial charge in [0.2, 0.25) is 0 Å². The van der Waals surface area contributed by atoms with Gasteiger partial charge in [0.1, 0.15) is 0 Å². The van der Waals surface area contributed by atoms with Gasteiger partial charge in [-0.2, -0.15) is 0 Å². The Kier molecular flexibility index (Phi) is 9.48. The summed E-state index contributed by atoms with van der Waals surface area (Å²) >= 11 is 0. The van der Waals surface area contributed by atoms with Crippen LogP contribution in [0.2, 0.25) is 0 Å². The minimum absolute atomic E-state index is 0.198. The predicted molar refractivity (Wildman–Crippen MR) is 294 cm³/mol. The molecular formula is C69H59N. The van der Waals surface area contributed by atoms with Gasteiger partial charge in [-0.05, 0) is 224 Å². The fourth-order valence-corrected chi connectivity index (χ4v) is 14.9. The first-order chi connectivity index (χ1) is 34.2. The lowest BCUT2D eigenvalue weighted by molar-refractivity contribution is -0.00277. The summed E-state index contributed by atoms with van der Waals surface area (Å²) < 4.78 is 0. The maximum Gasteiger partial charge on any atom is 0.0520 e. The summed E-state index contributed by atoms with van der Waals surface area (Å²) in [6.07, 6.45) is 7.33. The van der Waals surface area contributed by atoms with Gasteiger partial charge in [-0.15, -0.1) is 0 Å². The third-order valence-electron chi connectivity index (χ3n) is 17.8. The van der Waals surface area contributed by atoms with Crippen LogP contribution in [0.5, 0.6) is 0 Å². The van der Waals surface area contributed by atoms with E-state index in [0.29, 0.717) is 0 Å². The van der Waals surface area contributed by atoms with E-state index in [2.05, 4.69) is 227 Å². The third-order valence-corrected chi connectivity index (χ3v) is 17.8. The second-order valence-electron chi connectivity index (χ2n) is 22.2. The van der Waals surface area contributed by atoms with Gasteiger partial charge in [-0.3, -0.25) is 0 Å². The molecule has 9 aromatic carbocycles. The molecule has 0 spiro atoms. The Morgan fingerprint density at radius 2 is 0.786 bits per heavy atom. The lowest BCUT2D eigenvalue weighted by atomic mass is 9.51. The van der Waals surface area contributed by atoms with Crippen molar-refractivity contribution in [3.63, 3.8) is 0 Å². The summed E-state index contributed by atoms with van der Waals surface area (Å²) in [7, 11) is 0. The molecule has 0 aromatic heterocycles. The summed E-state index contributed by atoms with van der Waals surface area (Å²) in [6, 6.07) is 74.1. The van der Waals surface area contributed by atoms with Gasteiger partial charge in [-0.1, -0.05) is 166 Å². The van der Waals surface area contributed by atoms with Gasteiger partial charge in [0.15, 0.2) is 0 Å². The highest BCUT2D eigenvalue weighted by molar-refractivity contribution is 6.04. The summed E-state index contributed by atoms with van der Waals surface area (Å²) in [5.41, 5.74) is 28.1. The van der Waals surface area contributed by atoms with E-state index < -0.39 is 0 Å². The van der Waals surface area contributed by atoms with Crippen molar-refractivity contribution in [2.45, 2.75) is 71.1 Å². The molecule has 0 saturated heterocycles. The molecule has 0 unspecified atom stereocenters. The molecule has 1 nitrogen and oxygen atoms in total. The molecule has 0 aliphatic heterocycles. The lowest BCUT2D eigenvalue weighted by Crippen LogP contribution is -2.43. The minimum Gasteiger partial charge on any atom is -0.310 e. The van der Waals surface area contributed by atoms with Crippen LogP contribution >= 0.6 is 0 Å². The van der Waals surface area contributed by atoms with E-state index in [4.69, 9.17) is 0 Å². The zero-order valence-electron chi connectivity index (χ0n) is 40.8. The number of hydrogen-bond acceptors (Lipinski definition) is 1. The molecular weight excluding hydrogens is 843 g/mol. The number of nitrogens with zero attached hydrogens (tertiary/aromatic N) is 1. The van der Waals surface area contributed by atoms with Gasteiger partial charge in [0.05, 0.1) is 5.69 Å². The van der Waals surface area contributed by atoms with Crippen LogP contribution in [0.3, 0.4) is 0 Å². The van der Waals surface area contributed by atoms with Crippen LogP contribution in [0.25, 0.3) is 77.9 Å². The molecule has 0 amide bonds. The molecule has 70 heavy (non-hydrogen) atoms. The summed E-state index contributed by atoms with van der Waals surface area (Å²) in [5, 5.41) is 0. The normalized spacial score (nSPS) is 20.5. The Bertz CT molecular complexity index is 3500. The second-order valence-corrected chi connectivity index (χ2v) is 22.2. The zero-order chi connectivity index (χ0) is 46.8. The van der Waals surface area contributed by atoms with E-state index in [1.165, 1.54) is 144 Å². The fourth-order valence-electron chi connectivity index (χ4n) is 14.9. The second kappa shape index (κ2) is 15.9. The molecule has 6 aliphatic rings. The highest BCUT2D eigenvalue weighted by Gasteiger charge is 2.48. The van der Waals surface area contributed by atoms with Crippen molar-refractivity contribution < 1.29 is 0 Å². The molecule has 0 N–H and O–H groups in total. The van der Waals surface area contributed by atoms with Crippen LogP contribution in [0.15, 0.2) is 194 Å². The van der Waals surface area contributed by atoms with E-state index in [9.17, 15) is 0 Å². The number of aryl methyl sites for hydroxylation is 2. The van der Waals surface area contributed by atoms with Gasteiger partial charge < -0.3 is 4.90 Å². The Balaban J connectivity index is 0.918. The molecule has 0 heterocycles. The average Bonchev–Trinajstić information content (AvgIpc) is 3.61. The quantitative estimate of drug-likeness (QED) is 0.161. The summed E-state index contributed by atoms with van der Waals surface area (Å²) in [6.45, 7) is 9.49. The standard InChI is InChI=1S/C69H59N/c1-42-32-50(47-22-24-48(25-23-47)67-51-35-44-34-45(37-51)38-52(67)36-44)33-43(2)68(42)70(54-28-31-63-62-29-26-49(46-14-6-5-7-15-46)39-65(62)69(3,4)66(63)41-54)53-27-30-61-59-20-11-10-18-57(59)55-16-8-9-17-56(55)58-19-12-13-21-60(58)64(61)40-53/h5-33,39-41,44-45,51-52,67H,34-38H2,1-4H3. The molecule has 4 fully saturated rings. The molecule has 0 radical (unpaired) electrons. The van der Waals surface area contributed by atoms with Crippen molar-refractivity contribution >= 4 is 17.1 Å². The molecule has 4 bridgehead atoms. The van der Waals surface area contributed by atoms with Gasteiger partial charge in [0.25, 0.3) is 0 Å². The molecule has 9 aromatic rings. The van der Waals surface area contributed by atoms with Crippen LogP contribution < -0.4 is 4.90 Å². The van der Waals surface area contributed by atoms with Crippen molar-refractivity contribution in [3.8, 4) is 77.9 Å². The number of rotatable bonds is 6. The maximum absolute atomic E-state index is 2.57. The number of hydrogen-bond donors (Lipinski definition) is 0. The average molecular weight is 902 g/mol. The van der Waals surface area contributed by atoms with Crippen LogP contribution in [-0.2, 0) is 5.41 Å². The van der Waals surface area contributed by atoms with E-state index in [0.717, 1.165) is 35.3 Å². The predicted octanol–water partition coefficient (Wildman–Crippen LogP) is 18.9. The SMILES string of the molecule is Cc1cc(-c2ccc(C3C4CC5CC(C4)CC3C5)cc2)cc(C)c1N(c1ccc2c(c1)-c1ccccc1-c1ccccc1-c1ccccc1-2)c1ccc2c(c1)C(C)(C)c1cc(-c3ccccc3)ccc1-2. The Hall–Kier alpha value is -7.22. The van der Waals surface area contributed by atoms with Crippen molar-refractivity contribution in [2.24, 2.45) is 23.7 Å². The molecule has 340 valence electrons. The van der Waals surface area contributed by atoms with E-state index in [-0.39, 0.29) is 5.41 Å². The van der Waals surface area contributed by atoms with E-state index in [1.807, 2.05) is 0 Å².